The molecule has 2 aromatic heterocycles. The molecule has 0 aliphatic rings. The van der Waals surface area contributed by atoms with Crippen molar-refractivity contribution in [1.29, 1.82) is 0 Å². The number of nitrogens with zero attached hydrogens (tertiary/aromatic N) is 8. The van der Waals surface area contributed by atoms with Crippen molar-refractivity contribution < 1.29 is 9.13 Å². The maximum Gasteiger partial charge on any atom is 0.421 e. The minimum atomic E-state index is 0.802. The van der Waals surface area contributed by atoms with Gasteiger partial charge in [0.2, 0.25) is 0 Å². The SMILES string of the molecule is Cn1cc[n+](C)c1N=Nc1ccc(CCCCCNc2ccc(N=Nc3n(C)cc[n+]3C)cc2)cc1. The summed E-state index contributed by atoms with van der Waals surface area (Å²) in [5.74, 6) is 1.61. The van der Waals surface area contributed by atoms with Crippen molar-refractivity contribution in [2.45, 2.75) is 25.7 Å². The molecule has 0 amide bonds. The first-order valence-corrected chi connectivity index (χ1v) is 12.3. The Labute approximate surface area is 212 Å². The highest BCUT2D eigenvalue weighted by atomic mass is 15.3. The van der Waals surface area contributed by atoms with E-state index in [4.69, 9.17) is 0 Å². The molecule has 9 nitrogen and oxygen atoms in total. The topological polar surface area (TPSA) is 79.1 Å². The van der Waals surface area contributed by atoms with Gasteiger partial charge in [0.1, 0.15) is 11.4 Å². The first-order chi connectivity index (χ1) is 17.5. The lowest BCUT2D eigenvalue weighted by atomic mass is 10.1. The summed E-state index contributed by atoms with van der Waals surface area (Å²) in [6, 6.07) is 16.4. The molecule has 9 heteroatoms. The molecule has 36 heavy (non-hydrogen) atoms. The second-order valence-corrected chi connectivity index (χ2v) is 8.99. The van der Waals surface area contributed by atoms with Gasteiger partial charge >= 0.3 is 11.9 Å². The number of benzene rings is 2. The monoisotopic (exact) mass is 485 g/mol. The number of unbranched alkanes of at least 4 members (excludes halogenated alkanes) is 2. The molecule has 0 unspecified atom stereocenters. The van der Waals surface area contributed by atoms with Crippen molar-refractivity contribution in [3.63, 3.8) is 0 Å². The molecular weight excluding hydrogens is 450 g/mol. The molecule has 2 heterocycles. The highest BCUT2D eigenvalue weighted by molar-refractivity contribution is 5.50. The van der Waals surface area contributed by atoms with E-state index < -0.39 is 0 Å². The normalized spacial score (nSPS) is 11.7. The summed E-state index contributed by atoms with van der Waals surface area (Å²) in [7, 11) is 7.84. The summed E-state index contributed by atoms with van der Waals surface area (Å²) < 4.78 is 7.77. The molecule has 0 atom stereocenters. The van der Waals surface area contributed by atoms with Crippen LogP contribution in [0.25, 0.3) is 0 Å². The Balaban J connectivity index is 1.14. The third-order valence-electron chi connectivity index (χ3n) is 6.07. The lowest BCUT2D eigenvalue weighted by Gasteiger charge is -2.06. The Kier molecular flexibility index (Phi) is 8.33. The van der Waals surface area contributed by atoms with E-state index in [2.05, 4.69) is 50.0 Å². The predicted molar refractivity (Wildman–Crippen MR) is 140 cm³/mol. The highest BCUT2D eigenvalue weighted by Crippen LogP contribution is 2.20. The zero-order valence-electron chi connectivity index (χ0n) is 21.5. The van der Waals surface area contributed by atoms with Gasteiger partial charge in [-0.1, -0.05) is 28.8 Å². The van der Waals surface area contributed by atoms with Crippen molar-refractivity contribution in [2.75, 3.05) is 11.9 Å². The van der Waals surface area contributed by atoms with Crippen molar-refractivity contribution in [1.82, 2.24) is 9.13 Å². The largest absolute Gasteiger partial charge is 0.421 e. The third kappa shape index (κ3) is 6.71. The van der Waals surface area contributed by atoms with Gasteiger partial charge < -0.3 is 5.32 Å². The Morgan fingerprint density at radius 3 is 1.69 bits per heavy atom. The van der Waals surface area contributed by atoms with Crippen LogP contribution < -0.4 is 14.5 Å². The number of nitrogens with one attached hydrogen (secondary N) is 1. The van der Waals surface area contributed by atoms with Crippen molar-refractivity contribution in [3.8, 4) is 0 Å². The number of rotatable bonds is 11. The molecule has 0 spiro atoms. The average molecular weight is 486 g/mol. The second-order valence-electron chi connectivity index (χ2n) is 8.99. The van der Waals surface area contributed by atoms with Crippen LogP contribution in [-0.4, -0.2) is 15.7 Å². The number of anilines is 1. The van der Waals surface area contributed by atoms with Crippen LogP contribution in [0.5, 0.6) is 0 Å². The zero-order valence-corrected chi connectivity index (χ0v) is 21.5. The summed E-state index contributed by atoms with van der Waals surface area (Å²) in [5, 5.41) is 20.9. The van der Waals surface area contributed by atoms with Gasteiger partial charge in [-0.25, -0.2) is 18.3 Å². The number of hydrogen-bond acceptors (Lipinski definition) is 5. The standard InChI is InChI=1S/C27H34N9/c1-33-18-19-34(2)26(33)31-29-24-11-9-22(10-12-24)8-6-5-7-17-28-23-13-15-25(16-14-23)30-32-27-35(3)20-21-36(27)4/h9-16,18-21H,5-8,17H2,1-4H3/q+1/p+1. The van der Waals surface area contributed by atoms with E-state index >= 15 is 0 Å². The average Bonchev–Trinajstić information content (AvgIpc) is 3.39. The minimum Gasteiger partial charge on any atom is -0.385 e. The van der Waals surface area contributed by atoms with Crippen LogP contribution >= 0.6 is 0 Å². The Bertz CT molecular complexity index is 1170. The fraction of sp³-hybridized carbons (Fsp3) is 0.333. The zero-order chi connectivity index (χ0) is 25.3. The Morgan fingerprint density at radius 1 is 0.667 bits per heavy atom. The van der Waals surface area contributed by atoms with Gasteiger partial charge in [0, 0.05) is 22.5 Å². The quantitative estimate of drug-likeness (QED) is 0.166. The fourth-order valence-electron chi connectivity index (χ4n) is 3.89. The van der Waals surface area contributed by atoms with E-state index in [1.165, 1.54) is 12.0 Å². The molecule has 0 radical (unpaired) electrons. The van der Waals surface area contributed by atoms with Gasteiger partial charge in [-0.15, -0.1) is 0 Å². The van der Waals surface area contributed by atoms with Gasteiger partial charge in [0.25, 0.3) is 0 Å². The maximum absolute atomic E-state index is 4.36. The summed E-state index contributed by atoms with van der Waals surface area (Å²) in [6.45, 7) is 0.954. The van der Waals surface area contributed by atoms with E-state index in [9.17, 15) is 0 Å². The maximum atomic E-state index is 4.36. The Hall–Kier alpha value is -4.14. The molecule has 4 rings (SSSR count). The molecule has 0 saturated heterocycles. The molecular formula is C27H35N9+2. The first-order valence-electron chi connectivity index (χ1n) is 12.3. The lowest BCUT2D eigenvalue weighted by Crippen LogP contribution is -2.25. The number of hydrogen-bond donors (Lipinski definition) is 1. The number of aromatic nitrogens is 4. The van der Waals surface area contributed by atoms with E-state index in [1.54, 1.807) is 0 Å². The van der Waals surface area contributed by atoms with Gasteiger partial charge in [0.05, 0.1) is 53.0 Å². The van der Waals surface area contributed by atoms with Crippen LogP contribution in [0.3, 0.4) is 0 Å². The van der Waals surface area contributed by atoms with Gasteiger partial charge in [-0.2, -0.15) is 0 Å². The fourth-order valence-corrected chi connectivity index (χ4v) is 3.89. The third-order valence-corrected chi connectivity index (χ3v) is 6.07. The van der Waals surface area contributed by atoms with Crippen LogP contribution in [0.15, 0.2) is 93.8 Å². The van der Waals surface area contributed by atoms with Crippen molar-refractivity contribution in [2.24, 2.45) is 48.6 Å². The van der Waals surface area contributed by atoms with Crippen molar-refractivity contribution in [3.05, 3.63) is 78.9 Å². The van der Waals surface area contributed by atoms with E-state index in [0.29, 0.717) is 0 Å². The van der Waals surface area contributed by atoms with Gasteiger partial charge in [-0.05, 0) is 61.2 Å². The number of aryl methyl sites for hydroxylation is 5. The summed E-state index contributed by atoms with van der Waals surface area (Å²) >= 11 is 0. The molecule has 0 saturated carbocycles. The predicted octanol–water partition coefficient (Wildman–Crippen LogP) is 5.67. The van der Waals surface area contributed by atoms with Crippen molar-refractivity contribution >= 4 is 29.0 Å². The lowest BCUT2D eigenvalue weighted by molar-refractivity contribution is -0.657. The van der Waals surface area contributed by atoms with Gasteiger partial charge in [-0.3, -0.25) is 0 Å². The van der Waals surface area contributed by atoms with Crippen LogP contribution in [0.1, 0.15) is 24.8 Å². The minimum absolute atomic E-state index is 0.802. The van der Waals surface area contributed by atoms with E-state index in [1.807, 2.05) is 95.5 Å². The molecule has 0 fully saturated rings. The number of imidazole rings is 2. The summed E-state index contributed by atoms with van der Waals surface area (Å²) in [6.07, 6.45) is 12.4. The summed E-state index contributed by atoms with van der Waals surface area (Å²) in [4.78, 5) is 0. The van der Waals surface area contributed by atoms with E-state index in [0.717, 1.165) is 54.8 Å². The number of azo groups is 2. The van der Waals surface area contributed by atoms with Crippen LogP contribution in [0.4, 0.5) is 29.0 Å². The summed E-state index contributed by atoms with van der Waals surface area (Å²) in [5.41, 5.74) is 4.14. The smallest absolute Gasteiger partial charge is 0.385 e. The highest BCUT2D eigenvalue weighted by Gasteiger charge is 2.11. The van der Waals surface area contributed by atoms with Crippen LogP contribution in [0, 0.1) is 0 Å². The molecule has 0 aliphatic heterocycles. The molecule has 186 valence electrons. The Morgan fingerprint density at radius 2 is 1.19 bits per heavy atom. The molecule has 2 aromatic carbocycles. The van der Waals surface area contributed by atoms with E-state index in [-0.39, 0.29) is 0 Å². The van der Waals surface area contributed by atoms with Gasteiger partial charge in [0.15, 0.2) is 0 Å². The second kappa shape index (κ2) is 12.0. The first kappa shape index (κ1) is 25.0. The molecule has 0 bridgehead atoms. The molecule has 1 N–H and O–H groups in total. The van der Waals surface area contributed by atoms with Crippen LogP contribution in [-0.2, 0) is 34.6 Å². The molecule has 0 aliphatic carbocycles. The van der Waals surface area contributed by atoms with Crippen LogP contribution in [0.2, 0.25) is 0 Å². The molecule has 4 aromatic rings.